The minimum atomic E-state index is -0.470. The Bertz CT molecular complexity index is 210. The first-order chi connectivity index (χ1) is 8.07. The van der Waals surface area contributed by atoms with Crippen LogP contribution in [0.15, 0.2) is 0 Å². The van der Waals surface area contributed by atoms with Gasteiger partial charge < -0.3 is 20.5 Å². The van der Waals surface area contributed by atoms with E-state index in [9.17, 15) is 5.11 Å². The molecule has 3 N–H and O–H groups in total. The first-order valence-corrected chi connectivity index (χ1v) is 6.84. The Morgan fingerprint density at radius 2 is 2.18 bits per heavy atom. The first kappa shape index (κ1) is 14.9. The molecule has 2 atom stereocenters. The lowest BCUT2D eigenvalue weighted by Crippen LogP contribution is -2.33. The van der Waals surface area contributed by atoms with Gasteiger partial charge in [0, 0.05) is 26.2 Å². The van der Waals surface area contributed by atoms with Gasteiger partial charge in [0.2, 0.25) is 0 Å². The van der Waals surface area contributed by atoms with Gasteiger partial charge in [-0.15, -0.1) is 0 Å². The van der Waals surface area contributed by atoms with Gasteiger partial charge in [-0.3, -0.25) is 0 Å². The van der Waals surface area contributed by atoms with Gasteiger partial charge in [-0.25, -0.2) is 0 Å². The van der Waals surface area contributed by atoms with Crippen molar-refractivity contribution in [1.82, 2.24) is 4.90 Å². The van der Waals surface area contributed by atoms with Gasteiger partial charge in [0.15, 0.2) is 0 Å². The summed E-state index contributed by atoms with van der Waals surface area (Å²) in [6.07, 6.45) is 4.04. The third-order valence-corrected chi connectivity index (χ3v) is 3.59. The number of aliphatic hydroxyl groups is 1. The van der Waals surface area contributed by atoms with Crippen LogP contribution in [0.2, 0.25) is 0 Å². The van der Waals surface area contributed by atoms with Crippen molar-refractivity contribution in [2.75, 3.05) is 32.8 Å². The van der Waals surface area contributed by atoms with E-state index in [4.69, 9.17) is 10.5 Å². The van der Waals surface area contributed by atoms with Crippen LogP contribution < -0.4 is 5.73 Å². The molecule has 1 rings (SSSR count). The summed E-state index contributed by atoms with van der Waals surface area (Å²) in [6, 6.07) is 0. The number of ether oxygens (including phenoxy) is 1. The Labute approximate surface area is 105 Å². The lowest BCUT2D eigenvalue weighted by atomic mass is 9.98. The van der Waals surface area contributed by atoms with E-state index in [1.807, 2.05) is 13.8 Å². The highest BCUT2D eigenvalue weighted by molar-refractivity contribution is 4.79. The summed E-state index contributed by atoms with van der Waals surface area (Å²) in [6.45, 7) is 8.37. The molecule has 0 spiro atoms. The van der Waals surface area contributed by atoms with Crippen molar-refractivity contribution in [2.24, 2.45) is 5.73 Å². The van der Waals surface area contributed by atoms with E-state index in [2.05, 4.69) is 4.90 Å². The Hall–Kier alpha value is -0.160. The van der Waals surface area contributed by atoms with Crippen LogP contribution in [0.4, 0.5) is 0 Å². The molecule has 0 radical (unpaired) electrons. The van der Waals surface area contributed by atoms with Crippen LogP contribution in [0.25, 0.3) is 0 Å². The Morgan fingerprint density at radius 3 is 2.82 bits per heavy atom. The number of nitrogens with zero attached hydrogens (tertiary/aromatic N) is 1. The molecule has 1 aliphatic heterocycles. The summed E-state index contributed by atoms with van der Waals surface area (Å²) in [4.78, 5) is 2.42. The average Bonchev–Trinajstić information content (AvgIpc) is 2.46. The van der Waals surface area contributed by atoms with Gasteiger partial charge in [0.25, 0.3) is 0 Å². The van der Waals surface area contributed by atoms with Crippen LogP contribution >= 0.6 is 0 Å². The smallest absolute Gasteiger partial charge is 0.0709 e. The maximum atomic E-state index is 10.0. The van der Waals surface area contributed by atoms with Crippen LogP contribution in [0.5, 0.6) is 0 Å². The lowest BCUT2D eigenvalue weighted by Gasteiger charge is -2.24. The van der Waals surface area contributed by atoms with Crippen LogP contribution in [-0.2, 0) is 4.74 Å². The SMILES string of the molecule is CCOC(CN)CCN1CCCC(C)(O)CC1. The Morgan fingerprint density at radius 1 is 1.41 bits per heavy atom. The summed E-state index contributed by atoms with van der Waals surface area (Å²) in [5, 5.41) is 10.0. The molecule has 0 saturated carbocycles. The van der Waals surface area contributed by atoms with Crippen molar-refractivity contribution in [3.8, 4) is 0 Å². The molecule has 4 nitrogen and oxygen atoms in total. The lowest BCUT2D eigenvalue weighted by molar-refractivity contribution is 0.0410. The summed E-state index contributed by atoms with van der Waals surface area (Å²) >= 11 is 0. The van der Waals surface area contributed by atoms with Gasteiger partial charge in [-0.1, -0.05) is 0 Å². The van der Waals surface area contributed by atoms with E-state index in [1.165, 1.54) is 0 Å². The van der Waals surface area contributed by atoms with Crippen molar-refractivity contribution in [2.45, 2.75) is 51.2 Å². The highest BCUT2D eigenvalue weighted by Crippen LogP contribution is 2.21. The molecule has 0 amide bonds. The molecule has 17 heavy (non-hydrogen) atoms. The molecule has 4 heteroatoms. The Kier molecular flexibility index (Phi) is 6.41. The topological polar surface area (TPSA) is 58.7 Å². The molecule has 1 heterocycles. The van der Waals surface area contributed by atoms with Gasteiger partial charge in [-0.2, -0.15) is 0 Å². The molecule has 1 saturated heterocycles. The van der Waals surface area contributed by atoms with Gasteiger partial charge in [-0.05, 0) is 46.1 Å². The fourth-order valence-electron chi connectivity index (χ4n) is 2.37. The molecule has 0 aromatic rings. The molecule has 0 aliphatic carbocycles. The minimum Gasteiger partial charge on any atom is -0.390 e. The van der Waals surface area contributed by atoms with E-state index < -0.39 is 5.60 Å². The molecule has 1 aliphatic rings. The molecule has 0 bridgehead atoms. The summed E-state index contributed by atoms with van der Waals surface area (Å²) in [7, 11) is 0. The second-order valence-electron chi connectivity index (χ2n) is 5.29. The third kappa shape index (κ3) is 5.82. The molecular formula is C13H28N2O2. The van der Waals surface area contributed by atoms with Crippen molar-refractivity contribution in [3.05, 3.63) is 0 Å². The van der Waals surface area contributed by atoms with Crippen molar-refractivity contribution in [3.63, 3.8) is 0 Å². The van der Waals surface area contributed by atoms with Gasteiger partial charge in [0.05, 0.1) is 11.7 Å². The normalized spacial score (nSPS) is 28.9. The maximum Gasteiger partial charge on any atom is 0.0709 e. The van der Waals surface area contributed by atoms with Crippen molar-refractivity contribution in [1.29, 1.82) is 0 Å². The van der Waals surface area contributed by atoms with E-state index in [0.717, 1.165) is 51.9 Å². The standard InChI is InChI=1S/C13H28N2O2/c1-3-17-12(11-14)5-9-15-8-4-6-13(2,16)7-10-15/h12,16H,3-11,14H2,1-2H3. The Balaban J connectivity index is 2.27. The van der Waals surface area contributed by atoms with Crippen LogP contribution in [-0.4, -0.2) is 54.5 Å². The quantitative estimate of drug-likeness (QED) is 0.731. The molecule has 102 valence electrons. The average molecular weight is 244 g/mol. The predicted octanol–water partition coefficient (Wildman–Crippen LogP) is 0.977. The van der Waals surface area contributed by atoms with Gasteiger partial charge in [0.1, 0.15) is 0 Å². The van der Waals surface area contributed by atoms with E-state index in [-0.39, 0.29) is 6.10 Å². The van der Waals surface area contributed by atoms with Crippen LogP contribution in [0.1, 0.15) is 39.5 Å². The van der Waals surface area contributed by atoms with E-state index in [0.29, 0.717) is 6.54 Å². The zero-order valence-corrected chi connectivity index (χ0v) is 11.3. The zero-order valence-electron chi connectivity index (χ0n) is 11.3. The molecule has 2 unspecified atom stereocenters. The number of nitrogens with two attached hydrogens (primary N) is 1. The fraction of sp³-hybridized carbons (Fsp3) is 1.00. The highest BCUT2D eigenvalue weighted by Gasteiger charge is 2.24. The number of likely N-dealkylation sites (tertiary alicyclic amines) is 1. The number of hydrogen-bond donors (Lipinski definition) is 2. The van der Waals surface area contributed by atoms with Crippen LogP contribution in [0.3, 0.4) is 0 Å². The molecular weight excluding hydrogens is 216 g/mol. The molecule has 0 aromatic carbocycles. The van der Waals surface area contributed by atoms with Gasteiger partial charge >= 0.3 is 0 Å². The second kappa shape index (κ2) is 7.31. The van der Waals surface area contributed by atoms with E-state index >= 15 is 0 Å². The molecule has 1 fully saturated rings. The summed E-state index contributed by atoms with van der Waals surface area (Å²) in [5.74, 6) is 0. The fourth-order valence-corrected chi connectivity index (χ4v) is 2.37. The highest BCUT2D eigenvalue weighted by atomic mass is 16.5. The number of hydrogen-bond acceptors (Lipinski definition) is 4. The minimum absolute atomic E-state index is 0.184. The monoisotopic (exact) mass is 244 g/mol. The van der Waals surface area contributed by atoms with Crippen molar-refractivity contribution < 1.29 is 9.84 Å². The summed E-state index contributed by atoms with van der Waals surface area (Å²) in [5.41, 5.74) is 5.19. The number of rotatable bonds is 6. The first-order valence-electron chi connectivity index (χ1n) is 6.84. The summed E-state index contributed by atoms with van der Waals surface area (Å²) < 4.78 is 5.55. The molecule has 0 aromatic heterocycles. The predicted molar refractivity (Wildman–Crippen MR) is 70.0 cm³/mol. The third-order valence-electron chi connectivity index (χ3n) is 3.59. The van der Waals surface area contributed by atoms with Crippen LogP contribution in [0, 0.1) is 0 Å². The van der Waals surface area contributed by atoms with E-state index in [1.54, 1.807) is 0 Å². The maximum absolute atomic E-state index is 10.0. The zero-order chi connectivity index (χ0) is 12.7. The largest absolute Gasteiger partial charge is 0.390 e. The second-order valence-corrected chi connectivity index (χ2v) is 5.29. The van der Waals surface area contributed by atoms with Crippen molar-refractivity contribution >= 4 is 0 Å².